The molecule has 2 aliphatic heterocycles. The third-order valence-electron chi connectivity index (χ3n) is 5.55. The molecule has 0 saturated carbocycles. The Balaban J connectivity index is 1.53. The Kier molecular flexibility index (Phi) is 7.54. The number of hydrogen-bond acceptors (Lipinski definition) is 6. The third kappa shape index (κ3) is 6.43. The van der Waals surface area contributed by atoms with Gasteiger partial charge in [-0.25, -0.2) is 0 Å². The topological polar surface area (TPSA) is 94.2 Å². The van der Waals surface area contributed by atoms with Gasteiger partial charge in [-0.05, 0) is 36.0 Å². The van der Waals surface area contributed by atoms with Gasteiger partial charge < -0.3 is 24.4 Å². The van der Waals surface area contributed by atoms with Gasteiger partial charge >= 0.3 is 5.97 Å². The summed E-state index contributed by atoms with van der Waals surface area (Å²) in [6, 6.07) is 6.71. The van der Waals surface area contributed by atoms with Crippen LogP contribution in [0.3, 0.4) is 0 Å². The van der Waals surface area contributed by atoms with Gasteiger partial charge in [-0.15, -0.1) is 0 Å². The molecular formula is C23H32N2O6. The molecule has 0 spiro atoms. The number of carbonyl (C=O) groups excluding carboxylic acids is 3. The van der Waals surface area contributed by atoms with E-state index >= 15 is 0 Å². The van der Waals surface area contributed by atoms with Gasteiger partial charge in [-0.3, -0.25) is 14.4 Å². The van der Waals surface area contributed by atoms with Crippen molar-refractivity contribution < 1.29 is 28.6 Å². The quantitative estimate of drug-likeness (QED) is 0.661. The monoisotopic (exact) mass is 432 g/mol. The Bertz CT molecular complexity index is 780. The van der Waals surface area contributed by atoms with Crippen LogP contribution in [0.4, 0.5) is 0 Å². The highest BCUT2D eigenvalue weighted by atomic mass is 16.6. The molecule has 1 N–H and O–H groups in total. The summed E-state index contributed by atoms with van der Waals surface area (Å²) in [5.74, 6) is -0.640. The SMILES string of the molecule is CC(C)(C)c1ccc(OCC(=O)N2CCNC(=O)C2CC(=O)OCC2CCCO2)cc1. The maximum absolute atomic E-state index is 12.8. The van der Waals surface area contributed by atoms with Crippen molar-refractivity contribution in [3.05, 3.63) is 29.8 Å². The van der Waals surface area contributed by atoms with Crippen molar-refractivity contribution in [3.8, 4) is 5.75 Å². The van der Waals surface area contributed by atoms with Crippen molar-refractivity contribution in [2.45, 2.75) is 57.6 Å². The minimum absolute atomic E-state index is 0.0290. The lowest BCUT2D eigenvalue weighted by molar-refractivity contribution is -0.154. The van der Waals surface area contributed by atoms with Gasteiger partial charge in [0.2, 0.25) is 5.91 Å². The minimum atomic E-state index is -0.898. The summed E-state index contributed by atoms with van der Waals surface area (Å²) < 4.78 is 16.3. The van der Waals surface area contributed by atoms with E-state index in [1.807, 2.05) is 24.3 Å². The Morgan fingerprint density at radius 2 is 1.97 bits per heavy atom. The number of nitrogens with one attached hydrogen (secondary N) is 1. The summed E-state index contributed by atoms with van der Waals surface area (Å²) in [6.07, 6.45) is 1.54. The van der Waals surface area contributed by atoms with Gasteiger partial charge in [0.25, 0.3) is 5.91 Å². The van der Waals surface area contributed by atoms with E-state index in [-0.39, 0.29) is 43.0 Å². The summed E-state index contributed by atoms with van der Waals surface area (Å²) in [4.78, 5) is 38.7. The van der Waals surface area contributed by atoms with Crippen molar-refractivity contribution >= 4 is 17.8 Å². The zero-order chi connectivity index (χ0) is 22.4. The zero-order valence-electron chi connectivity index (χ0n) is 18.5. The zero-order valence-corrected chi connectivity index (χ0v) is 18.5. The van der Waals surface area contributed by atoms with Crippen LogP contribution < -0.4 is 10.1 Å². The summed E-state index contributed by atoms with van der Waals surface area (Å²) in [5, 5.41) is 2.71. The first-order chi connectivity index (χ1) is 14.7. The Labute approximate surface area is 183 Å². The lowest BCUT2D eigenvalue weighted by Gasteiger charge is -2.34. The molecule has 0 aliphatic carbocycles. The molecule has 0 bridgehead atoms. The van der Waals surface area contributed by atoms with Crippen LogP contribution in [0.1, 0.15) is 45.6 Å². The molecule has 0 radical (unpaired) electrons. The molecule has 8 heteroatoms. The van der Waals surface area contributed by atoms with Gasteiger partial charge in [0, 0.05) is 19.7 Å². The van der Waals surface area contributed by atoms with E-state index in [1.54, 1.807) is 0 Å². The van der Waals surface area contributed by atoms with Crippen LogP contribution in [0.5, 0.6) is 5.75 Å². The molecule has 2 fully saturated rings. The van der Waals surface area contributed by atoms with Gasteiger partial charge in [0.1, 0.15) is 18.4 Å². The molecule has 3 rings (SSSR count). The highest BCUT2D eigenvalue weighted by Gasteiger charge is 2.35. The molecule has 31 heavy (non-hydrogen) atoms. The molecule has 2 atom stereocenters. The van der Waals surface area contributed by atoms with Gasteiger partial charge in [0.05, 0.1) is 12.5 Å². The van der Waals surface area contributed by atoms with Crippen molar-refractivity contribution in [2.24, 2.45) is 0 Å². The number of carbonyl (C=O) groups is 3. The van der Waals surface area contributed by atoms with Crippen LogP contribution in [-0.4, -0.2) is 67.7 Å². The number of esters is 1. The standard InChI is InChI=1S/C23H32N2O6/c1-23(2,3)16-6-8-17(9-7-16)30-15-20(26)25-11-10-24-22(28)19(25)13-21(27)31-14-18-5-4-12-29-18/h6-9,18-19H,4-5,10-15H2,1-3H3,(H,24,28). The summed E-state index contributed by atoms with van der Waals surface area (Å²) in [5.41, 5.74) is 1.20. The Hall–Kier alpha value is -2.61. The molecule has 8 nitrogen and oxygen atoms in total. The lowest BCUT2D eigenvalue weighted by Crippen LogP contribution is -2.58. The second kappa shape index (κ2) is 10.1. The average Bonchev–Trinajstić information content (AvgIpc) is 3.25. The van der Waals surface area contributed by atoms with E-state index in [0.717, 1.165) is 12.8 Å². The van der Waals surface area contributed by atoms with Crippen LogP contribution in [0.2, 0.25) is 0 Å². The van der Waals surface area contributed by atoms with Gasteiger partial charge in [-0.2, -0.15) is 0 Å². The van der Waals surface area contributed by atoms with Crippen LogP contribution in [0.25, 0.3) is 0 Å². The number of benzene rings is 1. The summed E-state index contributed by atoms with van der Waals surface area (Å²) in [6.45, 7) is 7.68. The number of rotatable bonds is 7. The molecule has 2 amide bonds. The summed E-state index contributed by atoms with van der Waals surface area (Å²) >= 11 is 0. The van der Waals surface area contributed by atoms with Crippen LogP contribution >= 0.6 is 0 Å². The fourth-order valence-electron chi connectivity index (χ4n) is 3.67. The van der Waals surface area contributed by atoms with Crippen molar-refractivity contribution in [3.63, 3.8) is 0 Å². The largest absolute Gasteiger partial charge is 0.484 e. The fourth-order valence-corrected chi connectivity index (χ4v) is 3.67. The Morgan fingerprint density at radius 3 is 2.61 bits per heavy atom. The predicted octanol–water partition coefficient (Wildman–Crippen LogP) is 1.80. The minimum Gasteiger partial charge on any atom is -0.484 e. The van der Waals surface area contributed by atoms with E-state index in [0.29, 0.717) is 25.4 Å². The van der Waals surface area contributed by atoms with Crippen LogP contribution in [0.15, 0.2) is 24.3 Å². The molecule has 1 aromatic rings. The maximum atomic E-state index is 12.8. The van der Waals surface area contributed by atoms with E-state index < -0.39 is 12.0 Å². The van der Waals surface area contributed by atoms with Crippen LogP contribution in [0, 0.1) is 0 Å². The normalized spacial score (nSPS) is 21.5. The number of nitrogens with zero attached hydrogens (tertiary/aromatic N) is 1. The average molecular weight is 433 g/mol. The predicted molar refractivity (Wildman–Crippen MR) is 114 cm³/mol. The number of ether oxygens (including phenoxy) is 3. The molecular weight excluding hydrogens is 400 g/mol. The first-order valence-electron chi connectivity index (χ1n) is 10.8. The lowest BCUT2D eigenvalue weighted by atomic mass is 9.87. The molecule has 2 aliphatic rings. The molecule has 2 unspecified atom stereocenters. The van der Waals surface area contributed by atoms with E-state index in [4.69, 9.17) is 14.2 Å². The van der Waals surface area contributed by atoms with Crippen LogP contribution in [-0.2, 0) is 29.3 Å². The van der Waals surface area contributed by atoms with Crippen molar-refractivity contribution in [1.82, 2.24) is 10.2 Å². The number of amides is 2. The molecule has 0 aromatic heterocycles. The Morgan fingerprint density at radius 1 is 1.23 bits per heavy atom. The van der Waals surface area contributed by atoms with Crippen molar-refractivity contribution in [2.75, 3.05) is 32.9 Å². The van der Waals surface area contributed by atoms with Crippen molar-refractivity contribution in [1.29, 1.82) is 0 Å². The molecule has 2 saturated heterocycles. The van der Waals surface area contributed by atoms with Gasteiger partial charge in [-0.1, -0.05) is 32.9 Å². The molecule has 1 aromatic carbocycles. The third-order valence-corrected chi connectivity index (χ3v) is 5.55. The number of hydrogen-bond donors (Lipinski definition) is 1. The van der Waals surface area contributed by atoms with Gasteiger partial charge in [0.15, 0.2) is 6.61 Å². The first kappa shape index (κ1) is 23.1. The second-order valence-electron chi connectivity index (χ2n) is 8.98. The smallest absolute Gasteiger partial charge is 0.308 e. The fraction of sp³-hybridized carbons (Fsp3) is 0.609. The molecule has 2 heterocycles. The first-order valence-corrected chi connectivity index (χ1v) is 10.8. The van der Waals surface area contributed by atoms with E-state index in [2.05, 4.69) is 26.1 Å². The summed E-state index contributed by atoms with van der Waals surface area (Å²) in [7, 11) is 0. The molecule has 170 valence electrons. The number of piperazine rings is 1. The second-order valence-corrected chi connectivity index (χ2v) is 8.98. The highest BCUT2D eigenvalue weighted by molar-refractivity contribution is 5.92. The highest BCUT2D eigenvalue weighted by Crippen LogP contribution is 2.24. The maximum Gasteiger partial charge on any atom is 0.308 e. The van der Waals surface area contributed by atoms with E-state index in [9.17, 15) is 14.4 Å². The van der Waals surface area contributed by atoms with E-state index in [1.165, 1.54) is 10.5 Å².